The largest absolute Gasteiger partial charge is 0.756 e. The van der Waals surface area contributed by atoms with Crippen LogP contribution in [0.4, 0.5) is 0 Å². The minimum Gasteiger partial charge on any atom is -0.756 e. The lowest BCUT2D eigenvalue weighted by Crippen LogP contribution is -2.37. The zero-order valence-corrected chi connectivity index (χ0v) is 54.8. The molecule has 0 aromatic rings. The lowest BCUT2D eigenvalue weighted by molar-refractivity contribution is -0.870. The first kappa shape index (κ1) is 78.9. The van der Waals surface area contributed by atoms with Gasteiger partial charge in [0.25, 0.3) is 7.82 Å². The Labute approximate surface area is 506 Å². The van der Waals surface area contributed by atoms with E-state index in [1.54, 1.807) is 0 Å². The van der Waals surface area contributed by atoms with Crippen molar-refractivity contribution in [2.24, 2.45) is 0 Å². The average Bonchev–Trinajstić information content (AvgIpc) is 3.46. The van der Waals surface area contributed by atoms with Gasteiger partial charge in [-0.2, -0.15) is 0 Å². The zero-order chi connectivity index (χ0) is 59.8. The predicted molar refractivity (Wildman–Crippen MR) is 351 cm³/mol. The third-order valence-electron chi connectivity index (χ3n) is 14.6. The number of nitrogens with zero attached hydrogens (tertiary/aromatic N) is 1. The van der Waals surface area contributed by atoms with Crippen molar-refractivity contribution in [3.8, 4) is 0 Å². The molecule has 474 valence electrons. The monoisotopic (exact) mass is 1170 g/mol. The second-order valence-electron chi connectivity index (χ2n) is 23.8. The Morgan fingerprint density at radius 2 is 0.695 bits per heavy atom. The van der Waals surface area contributed by atoms with Crippen molar-refractivity contribution in [3.63, 3.8) is 0 Å². The Morgan fingerprint density at radius 3 is 1.04 bits per heavy atom. The van der Waals surface area contributed by atoms with Gasteiger partial charge in [0.1, 0.15) is 19.8 Å². The fraction of sp³-hybridized carbons (Fsp3) is 0.750. The number of esters is 2. The van der Waals surface area contributed by atoms with Gasteiger partial charge in [-0.15, -0.1) is 0 Å². The van der Waals surface area contributed by atoms with Crippen LogP contribution in [-0.4, -0.2) is 70.0 Å². The molecule has 0 fully saturated rings. The molecule has 0 bridgehead atoms. The van der Waals surface area contributed by atoms with Gasteiger partial charge >= 0.3 is 11.9 Å². The average molecular weight is 1170 g/mol. The molecular weight excluding hydrogens is 1040 g/mol. The highest BCUT2D eigenvalue weighted by Crippen LogP contribution is 2.38. The Bertz CT molecular complexity index is 1710. The van der Waals surface area contributed by atoms with E-state index in [4.69, 9.17) is 18.5 Å². The summed E-state index contributed by atoms with van der Waals surface area (Å²) in [6, 6.07) is 0. The topological polar surface area (TPSA) is 111 Å². The van der Waals surface area contributed by atoms with Crippen LogP contribution in [0.15, 0.2) is 97.2 Å². The number of likely N-dealkylation sites (N-methyl/N-ethyl adjacent to an activating group) is 1. The molecule has 9 nitrogen and oxygen atoms in total. The minimum absolute atomic E-state index is 0.0333. The number of unbranched alkanes of at least 4 members (excludes halogenated alkanes) is 32. The quantitative estimate of drug-likeness (QED) is 0.0195. The molecule has 0 aromatic carbocycles. The van der Waals surface area contributed by atoms with Gasteiger partial charge in [0.2, 0.25) is 0 Å². The summed E-state index contributed by atoms with van der Waals surface area (Å²) in [5, 5.41) is 0. The summed E-state index contributed by atoms with van der Waals surface area (Å²) in [6.07, 6.45) is 86.2. The van der Waals surface area contributed by atoms with Crippen LogP contribution in [0.5, 0.6) is 0 Å². The van der Waals surface area contributed by atoms with Crippen molar-refractivity contribution >= 4 is 19.8 Å². The molecule has 2 atom stereocenters. The van der Waals surface area contributed by atoms with Crippen LogP contribution in [0.25, 0.3) is 0 Å². The first-order chi connectivity index (χ1) is 40.0. The van der Waals surface area contributed by atoms with E-state index in [9.17, 15) is 19.0 Å². The van der Waals surface area contributed by atoms with Crippen molar-refractivity contribution in [1.82, 2.24) is 0 Å². The van der Waals surface area contributed by atoms with E-state index in [-0.39, 0.29) is 32.0 Å². The number of phosphoric ester groups is 1. The van der Waals surface area contributed by atoms with Crippen LogP contribution in [-0.2, 0) is 32.7 Å². The van der Waals surface area contributed by atoms with Gasteiger partial charge in [0.05, 0.1) is 27.7 Å². The summed E-state index contributed by atoms with van der Waals surface area (Å²) < 4.78 is 34.3. The highest BCUT2D eigenvalue weighted by molar-refractivity contribution is 7.45. The van der Waals surface area contributed by atoms with Gasteiger partial charge in [0, 0.05) is 12.8 Å². The van der Waals surface area contributed by atoms with E-state index in [2.05, 4.69) is 111 Å². The number of carbonyl (C=O) groups is 2. The molecule has 0 aliphatic carbocycles. The lowest BCUT2D eigenvalue weighted by atomic mass is 10.0. The van der Waals surface area contributed by atoms with Crippen LogP contribution in [0.3, 0.4) is 0 Å². The first-order valence-electron chi connectivity index (χ1n) is 33.9. The van der Waals surface area contributed by atoms with Crippen molar-refractivity contribution < 1.29 is 42.1 Å². The second kappa shape index (κ2) is 62.5. The van der Waals surface area contributed by atoms with Crippen LogP contribution in [0.1, 0.15) is 296 Å². The van der Waals surface area contributed by atoms with E-state index in [1.807, 2.05) is 21.1 Å². The molecule has 0 N–H and O–H groups in total. The summed E-state index contributed by atoms with van der Waals surface area (Å²) in [5.41, 5.74) is 0. The minimum atomic E-state index is -4.64. The molecule has 0 amide bonds. The van der Waals surface area contributed by atoms with E-state index >= 15 is 0 Å². The van der Waals surface area contributed by atoms with Gasteiger partial charge < -0.3 is 27.9 Å². The molecule has 0 aromatic heterocycles. The summed E-state index contributed by atoms with van der Waals surface area (Å²) in [4.78, 5) is 38.0. The van der Waals surface area contributed by atoms with Gasteiger partial charge in [-0.25, -0.2) is 0 Å². The molecule has 0 saturated heterocycles. The maximum absolute atomic E-state index is 12.9. The predicted octanol–water partition coefficient (Wildman–Crippen LogP) is 21.3. The maximum atomic E-state index is 12.9. The molecular formula is C72H128NO8P. The number of phosphoric acid groups is 1. The van der Waals surface area contributed by atoms with E-state index < -0.39 is 26.5 Å². The van der Waals surface area contributed by atoms with Crippen molar-refractivity contribution in [2.45, 2.75) is 302 Å². The maximum Gasteiger partial charge on any atom is 0.306 e. The van der Waals surface area contributed by atoms with Gasteiger partial charge in [-0.05, 0) is 96.3 Å². The van der Waals surface area contributed by atoms with Crippen LogP contribution in [0, 0.1) is 0 Å². The fourth-order valence-corrected chi connectivity index (χ4v) is 10.1. The van der Waals surface area contributed by atoms with E-state index in [0.717, 1.165) is 89.9 Å². The van der Waals surface area contributed by atoms with E-state index in [0.29, 0.717) is 17.4 Å². The zero-order valence-electron chi connectivity index (χ0n) is 53.9. The third-order valence-corrected chi connectivity index (χ3v) is 15.6. The molecule has 0 radical (unpaired) electrons. The number of allylic oxidation sites excluding steroid dienone is 16. The van der Waals surface area contributed by atoms with Crippen molar-refractivity contribution in [2.75, 3.05) is 47.5 Å². The Hall–Kier alpha value is -3.07. The standard InChI is InChI=1S/C72H128NO8P/c1-6-8-10-12-14-16-18-20-22-24-26-28-29-30-31-32-33-34-35-36-37-38-39-40-41-42-43-45-47-49-51-53-55-57-59-61-63-65-72(75)81-70(69-80-82(76,77)79-67-66-73(3,4)5)68-78-71(74)64-62-60-58-56-54-52-50-48-46-44-27-25-23-21-19-17-15-13-11-9-7-2/h8,10,14,16,19-22,25-28,30-31,33-34,70H,6-7,9,11-13,15,17-18,23-24,29,32,35-69H2,1-5H3/b10-8-,16-14-,21-19-,22-20-,27-25-,28-26-,31-30-,34-33-. The molecule has 0 aliphatic rings. The van der Waals surface area contributed by atoms with Gasteiger partial charge in [-0.1, -0.05) is 284 Å². The lowest BCUT2D eigenvalue weighted by Gasteiger charge is -2.28. The Balaban J connectivity index is 4.02. The van der Waals surface area contributed by atoms with Crippen LogP contribution >= 0.6 is 7.82 Å². The Kier molecular flexibility index (Phi) is 60.1. The summed E-state index contributed by atoms with van der Waals surface area (Å²) >= 11 is 0. The third kappa shape index (κ3) is 66.1. The SMILES string of the molecule is CC/C=C\C/C=C\C/C=C\C/C=C\C/C=C\C/C=C\CCCCCCCCCCCCCCCCCCCCC(=O)OC(COC(=O)CCCCCCCCCCC/C=C\C/C=C\CCCCCCC)COP(=O)([O-])OCC[N+](C)(C)C. The van der Waals surface area contributed by atoms with Crippen LogP contribution in [0.2, 0.25) is 0 Å². The number of hydrogen-bond donors (Lipinski definition) is 0. The van der Waals surface area contributed by atoms with E-state index in [1.165, 1.54) is 173 Å². The Morgan fingerprint density at radius 1 is 0.390 bits per heavy atom. The fourth-order valence-electron chi connectivity index (χ4n) is 9.40. The molecule has 2 unspecified atom stereocenters. The van der Waals surface area contributed by atoms with Gasteiger partial charge in [-0.3, -0.25) is 14.2 Å². The number of rotatable bonds is 62. The number of hydrogen-bond acceptors (Lipinski definition) is 8. The molecule has 0 aliphatic heterocycles. The molecule has 82 heavy (non-hydrogen) atoms. The first-order valence-corrected chi connectivity index (χ1v) is 35.4. The summed E-state index contributed by atoms with van der Waals surface area (Å²) in [7, 11) is 1.17. The highest BCUT2D eigenvalue weighted by atomic mass is 31.2. The normalized spacial score (nSPS) is 13.8. The molecule has 0 saturated carbocycles. The number of carbonyl (C=O) groups excluding carboxylic acids is 2. The molecule has 0 spiro atoms. The summed E-state index contributed by atoms with van der Waals surface area (Å²) in [5.74, 6) is -0.830. The van der Waals surface area contributed by atoms with Crippen molar-refractivity contribution in [1.29, 1.82) is 0 Å². The second-order valence-corrected chi connectivity index (χ2v) is 25.2. The highest BCUT2D eigenvalue weighted by Gasteiger charge is 2.22. The number of quaternary nitrogens is 1. The van der Waals surface area contributed by atoms with Gasteiger partial charge in [0.15, 0.2) is 6.10 Å². The van der Waals surface area contributed by atoms with Crippen molar-refractivity contribution in [3.05, 3.63) is 97.2 Å². The number of ether oxygens (including phenoxy) is 2. The molecule has 10 heteroatoms. The van der Waals surface area contributed by atoms with Crippen LogP contribution < -0.4 is 4.89 Å². The smallest absolute Gasteiger partial charge is 0.306 e. The molecule has 0 heterocycles. The summed E-state index contributed by atoms with van der Waals surface area (Å²) in [6.45, 7) is 4.14. The molecule has 0 rings (SSSR count).